The first-order valence-electron chi connectivity index (χ1n) is 11.0. The van der Waals surface area contributed by atoms with Crippen molar-refractivity contribution in [3.05, 3.63) is 29.8 Å². The number of piperidine rings is 1. The van der Waals surface area contributed by atoms with E-state index in [1.807, 2.05) is 17.0 Å². The predicted molar refractivity (Wildman–Crippen MR) is 114 cm³/mol. The second kappa shape index (κ2) is 9.24. The molecule has 0 radical (unpaired) electrons. The van der Waals surface area contributed by atoms with E-state index in [1.54, 1.807) is 0 Å². The SMILES string of the molecule is CS(=O)(=O)N[C@H]1CCCN2C(=O)CCCOc3cccc(c3)C3CCC(C3)OCC12. The van der Waals surface area contributed by atoms with E-state index in [-0.39, 0.29) is 24.1 Å². The van der Waals surface area contributed by atoms with Crippen LogP contribution in [0.1, 0.15) is 56.4 Å². The third-order valence-corrected chi connectivity index (χ3v) is 7.22. The van der Waals surface area contributed by atoms with Crippen molar-refractivity contribution in [2.75, 3.05) is 26.0 Å². The van der Waals surface area contributed by atoms with Crippen LogP contribution in [0.3, 0.4) is 0 Å². The molecule has 2 fully saturated rings. The van der Waals surface area contributed by atoms with Gasteiger partial charge in [-0.25, -0.2) is 13.1 Å². The van der Waals surface area contributed by atoms with Gasteiger partial charge in [0.15, 0.2) is 0 Å². The number of carbonyl (C=O) groups is 1. The molecule has 166 valence electrons. The first-order valence-corrected chi connectivity index (χ1v) is 12.9. The Morgan fingerprint density at radius 2 is 2.03 bits per heavy atom. The standard InChI is InChI=1S/C22H32N2O5S/c1-30(26,27)23-20-7-3-11-24-21(20)15-29-19-10-9-17(14-19)16-5-2-6-18(13-16)28-12-4-8-22(24)25/h2,5-6,13,17,19-21,23H,3-4,7-12,14-15H2,1H3/t17?,19?,20-,21?/m0/s1. The maximum atomic E-state index is 13.0. The van der Waals surface area contributed by atoms with Gasteiger partial charge in [0.05, 0.1) is 31.6 Å². The molecule has 1 saturated heterocycles. The Morgan fingerprint density at radius 3 is 2.87 bits per heavy atom. The van der Waals surface area contributed by atoms with Gasteiger partial charge in [0.25, 0.3) is 0 Å². The molecule has 4 atom stereocenters. The molecule has 1 aliphatic carbocycles. The highest BCUT2D eigenvalue weighted by molar-refractivity contribution is 7.88. The van der Waals surface area contributed by atoms with Crippen molar-refractivity contribution in [2.24, 2.45) is 0 Å². The minimum atomic E-state index is -3.36. The van der Waals surface area contributed by atoms with Gasteiger partial charge in [-0.3, -0.25) is 4.79 Å². The molecule has 1 aromatic carbocycles. The van der Waals surface area contributed by atoms with Crippen LogP contribution in [0.15, 0.2) is 24.3 Å². The molecule has 1 N–H and O–H groups in total. The van der Waals surface area contributed by atoms with E-state index < -0.39 is 10.0 Å². The first-order chi connectivity index (χ1) is 14.4. The Hall–Kier alpha value is -1.64. The number of hydrogen-bond donors (Lipinski definition) is 1. The number of carbonyl (C=O) groups excluding carboxylic acids is 1. The topological polar surface area (TPSA) is 84.9 Å². The molecule has 3 aliphatic rings. The Kier molecular flexibility index (Phi) is 6.65. The second-order valence-corrected chi connectivity index (χ2v) is 10.6. The third-order valence-electron chi connectivity index (χ3n) is 6.49. The summed E-state index contributed by atoms with van der Waals surface area (Å²) >= 11 is 0. The largest absolute Gasteiger partial charge is 0.494 e. The molecule has 4 bridgehead atoms. The lowest BCUT2D eigenvalue weighted by Crippen LogP contribution is -2.59. The lowest BCUT2D eigenvalue weighted by atomic mass is 9.96. The molecular formula is C22H32N2O5S. The number of ether oxygens (including phenoxy) is 2. The lowest BCUT2D eigenvalue weighted by Gasteiger charge is -2.41. The summed E-state index contributed by atoms with van der Waals surface area (Å²) < 4.78 is 38.7. The van der Waals surface area contributed by atoms with Crippen molar-refractivity contribution in [1.29, 1.82) is 0 Å². The number of hydrogen-bond acceptors (Lipinski definition) is 5. The van der Waals surface area contributed by atoms with Crippen LogP contribution in [0.4, 0.5) is 0 Å². The van der Waals surface area contributed by atoms with E-state index in [1.165, 1.54) is 11.8 Å². The molecule has 3 unspecified atom stereocenters. The van der Waals surface area contributed by atoms with E-state index >= 15 is 0 Å². The zero-order chi connectivity index (χ0) is 21.1. The number of fused-ring (bicyclic) bond motifs is 6. The first kappa shape index (κ1) is 21.6. The molecule has 4 rings (SSSR count). The van der Waals surface area contributed by atoms with Crippen molar-refractivity contribution in [1.82, 2.24) is 9.62 Å². The number of nitrogens with zero attached hydrogens (tertiary/aromatic N) is 1. The molecule has 1 aromatic rings. The summed E-state index contributed by atoms with van der Waals surface area (Å²) in [6.07, 6.45) is 6.78. The normalized spacial score (nSPS) is 30.7. The van der Waals surface area contributed by atoms with Gasteiger partial charge < -0.3 is 14.4 Å². The molecule has 7 nitrogen and oxygen atoms in total. The van der Waals surface area contributed by atoms with Crippen molar-refractivity contribution >= 4 is 15.9 Å². The quantitative estimate of drug-likeness (QED) is 0.770. The van der Waals surface area contributed by atoms with E-state index in [0.717, 1.165) is 31.4 Å². The highest BCUT2D eigenvalue weighted by Gasteiger charge is 2.37. The minimum Gasteiger partial charge on any atom is -0.494 e. The zero-order valence-electron chi connectivity index (χ0n) is 17.6. The average Bonchev–Trinajstić information content (AvgIpc) is 3.17. The van der Waals surface area contributed by atoms with Gasteiger partial charge in [-0.1, -0.05) is 12.1 Å². The summed E-state index contributed by atoms with van der Waals surface area (Å²) in [7, 11) is -3.36. The van der Waals surface area contributed by atoms with Gasteiger partial charge >= 0.3 is 0 Å². The van der Waals surface area contributed by atoms with Gasteiger partial charge in [-0.15, -0.1) is 0 Å². The maximum Gasteiger partial charge on any atom is 0.223 e. The van der Waals surface area contributed by atoms with Crippen LogP contribution in [0.25, 0.3) is 0 Å². The monoisotopic (exact) mass is 436 g/mol. The summed E-state index contributed by atoms with van der Waals surface area (Å²) in [6.45, 7) is 1.50. The number of benzene rings is 1. The Labute approximate surface area is 179 Å². The Balaban J connectivity index is 1.54. The minimum absolute atomic E-state index is 0.0418. The van der Waals surface area contributed by atoms with Crippen LogP contribution < -0.4 is 9.46 Å². The van der Waals surface area contributed by atoms with Crippen LogP contribution in [-0.2, 0) is 19.6 Å². The van der Waals surface area contributed by atoms with Crippen molar-refractivity contribution in [3.8, 4) is 5.75 Å². The molecule has 8 heteroatoms. The lowest BCUT2D eigenvalue weighted by molar-refractivity contribution is -0.138. The van der Waals surface area contributed by atoms with Crippen molar-refractivity contribution in [2.45, 2.75) is 69.1 Å². The summed E-state index contributed by atoms with van der Waals surface area (Å²) in [5.41, 5.74) is 1.28. The summed E-state index contributed by atoms with van der Waals surface area (Å²) in [5, 5.41) is 0. The van der Waals surface area contributed by atoms with E-state index in [9.17, 15) is 13.2 Å². The van der Waals surface area contributed by atoms with E-state index in [4.69, 9.17) is 9.47 Å². The molecular weight excluding hydrogens is 404 g/mol. The van der Waals surface area contributed by atoms with Gasteiger partial charge in [0.2, 0.25) is 15.9 Å². The van der Waals surface area contributed by atoms with Crippen LogP contribution in [-0.4, -0.2) is 63.4 Å². The number of rotatable bonds is 2. The molecule has 0 spiro atoms. The fraction of sp³-hybridized carbons (Fsp3) is 0.682. The fourth-order valence-corrected chi connectivity index (χ4v) is 5.85. The smallest absolute Gasteiger partial charge is 0.223 e. The fourth-order valence-electron chi connectivity index (χ4n) is 5.03. The van der Waals surface area contributed by atoms with Crippen molar-refractivity contribution in [3.63, 3.8) is 0 Å². The molecule has 0 aromatic heterocycles. The number of sulfonamides is 1. The van der Waals surface area contributed by atoms with Crippen LogP contribution >= 0.6 is 0 Å². The van der Waals surface area contributed by atoms with E-state index in [0.29, 0.717) is 44.9 Å². The van der Waals surface area contributed by atoms with Gasteiger partial charge in [-0.05, 0) is 62.1 Å². The highest BCUT2D eigenvalue weighted by Crippen LogP contribution is 2.37. The van der Waals surface area contributed by atoms with Gasteiger partial charge in [-0.2, -0.15) is 0 Å². The predicted octanol–water partition coefficient (Wildman–Crippen LogP) is 2.42. The third kappa shape index (κ3) is 5.34. The molecule has 2 aliphatic heterocycles. The highest BCUT2D eigenvalue weighted by atomic mass is 32.2. The maximum absolute atomic E-state index is 13.0. The number of amides is 1. The number of nitrogens with one attached hydrogen (secondary N) is 1. The summed E-state index contributed by atoms with van der Waals surface area (Å²) in [4.78, 5) is 14.8. The van der Waals surface area contributed by atoms with Gasteiger partial charge in [0, 0.05) is 19.0 Å². The zero-order valence-corrected chi connectivity index (χ0v) is 18.4. The summed E-state index contributed by atoms with van der Waals surface area (Å²) in [6, 6.07) is 7.68. The second-order valence-electron chi connectivity index (χ2n) is 8.78. The molecule has 30 heavy (non-hydrogen) atoms. The average molecular weight is 437 g/mol. The molecule has 2 heterocycles. The Bertz CT molecular complexity index is 859. The van der Waals surface area contributed by atoms with Gasteiger partial charge in [0.1, 0.15) is 5.75 Å². The van der Waals surface area contributed by atoms with Crippen LogP contribution in [0, 0.1) is 0 Å². The van der Waals surface area contributed by atoms with E-state index in [2.05, 4.69) is 16.9 Å². The van der Waals surface area contributed by atoms with Crippen molar-refractivity contribution < 1.29 is 22.7 Å². The molecule has 1 saturated carbocycles. The summed E-state index contributed by atoms with van der Waals surface area (Å²) in [5.74, 6) is 1.34. The Morgan fingerprint density at radius 1 is 1.17 bits per heavy atom. The van der Waals surface area contributed by atoms with Crippen LogP contribution in [0.5, 0.6) is 5.75 Å². The van der Waals surface area contributed by atoms with Crippen LogP contribution in [0.2, 0.25) is 0 Å². The molecule has 1 amide bonds.